The minimum absolute atomic E-state index is 0.0199. The fourth-order valence-electron chi connectivity index (χ4n) is 2.18. The van der Waals surface area contributed by atoms with Gasteiger partial charge in [0.2, 0.25) is 5.91 Å². The zero-order valence-corrected chi connectivity index (χ0v) is 12.8. The molecule has 0 N–H and O–H groups in total. The van der Waals surface area contributed by atoms with Crippen LogP contribution in [0.5, 0.6) is 0 Å². The SMILES string of the molecule is COC(=O)[C@@H]1CC[C@@H](CC=O)C(=O)N1C(=O)OC(C)(C)C. The Morgan fingerprint density at radius 3 is 2.43 bits per heavy atom. The number of aldehydes is 1. The van der Waals surface area contributed by atoms with Crippen molar-refractivity contribution in [3.05, 3.63) is 0 Å². The van der Waals surface area contributed by atoms with Crippen LogP contribution in [0.2, 0.25) is 0 Å². The Labute approximate surface area is 123 Å². The summed E-state index contributed by atoms with van der Waals surface area (Å²) in [6, 6.07) is -1.000. The second kappa shape index (κ2) is 6.69. The molecular weight excluding hydrogens is 278 g/mol. The van der Waals surface area contributed by atoms with Gasteiger partial charge in [0.15, 0.2) is 0 Å². The van der Waals surface area contributed by atoms with Crippen molar-refractivity contribution in [3.63, 3.8) is 0 Å². The van der Waals surface area contributed by atoms with E-state index in [4.69, 9.17) is 4.74 Å². The number of carbonyl (C=O) groups is 4. The number of rotatable bonds is 3. The summed E-state index contributed by atoms with van der Waals surface area (Å²) in [5, 5.41) is 0. The van der Waals surface area contributed by atoms with Gasteiger partial charge < -0.3 is 14.3 Å². The highest BCUT2D eigenvalue weighted by Gasteiger charge is 2.44. The number of methoxy groups -OCH3 is 1. The standard InChI is InChI=1S/C14H21NO6/c1-14(2,3)21-13(19)15-10(12(18)20-4)6-5-9(7-8-16)11(15)17/h8-10H,5-7H2,1-4H3/t9-,10-/m0/s1. The number of amides is 2. The first-order chi connectivity index (χ1) is 9.71. The minimum atomic E-state index is -1.000. The fraction of sp³-hybridized carbons (Fsp3) is 0.714. The topological polar surface area (TPSA) is 90.0 Å². The molecular formula is C14H21NO6. The van der Waals surface area contributed by atoms with Crippen molar-refractivity contribution in [1.82, 2.24) is 4.90 Å². The van der Waals surface area contributed by atoms with Crippen molar-refractivity contribution < 1.29 is 28.7 Å². The molecule has 1 rings (SSSR count). The van der Waals surface area contributed by atoms with Gasteiger partial charge in [0, 0.05) is 12.3 Å². The third-order valence-corrected chi connectivity index (χ3v) is 3.13. The Hall–Kier alpha value is -1.92. The maximum atomic E-state index is 12.3. The number of piperidine rings is 1. The largest absolute Gasteiger partial charge is 0.467 e. The van der Waals surface area contributed by atoms with Crippen LogP contribution in [0.4, 0.5) is 4.79 Å². The summed E-state index contributed by atoms with van der Waals surface area (Å²) in [5.41, 5.74) is -0.796. The van der Waals surface area contributed by atoms with E-state index in [1.165, 1.54) is 7.11 Å². The van der Waals surface area contributed by atoms with Crippen LogP contribution in [-0.4, -0.2) is 47.9 Å². The average molecular weight is 299 g/mol. The predicted octanol–water partition coefficient (Wildman–Crippen LogP) is 1.29. The molecule has 0 radical (unpaired) electrons. The number of ether oxygens (including phenoxy) is 2. The maximum absolute atomic E-state index is 12.3. The van der Waals surface area contributed by atoms with Crippen LogP contribution >= 0.6 is 0 Å². The van der Waals surface area contributed by atoms with Crippen molar-refractivity contribution in [2.24, 2.45) is 5.92 Å². The number of hydrogen-bond acceptors (Lipinski definition) is 6. The third kappa shape index (κ3) is 4.27. The molecule has 1 fully saturated rings. The van der Waals surface area contributed by atoms with Gasteiger partial charge >= 0.3 is 12.1 Å². The van der Waals surface area contributed by atoms with Gasteiger partial charge in [-0.25, -0.2) is 14.5 Å². The Morgan fingerprint density at radius 2 is 1.95 bits per heavy atom. The molecule has 21 heavy (non-hydrogen) atoms. The summed E-state index contributed by atoms with van der Waals surface area (Å²) in [4.78, 5) is 47.7. The fourth-order valence-corrected chi connectivity index (χ4v) is 2.18. The molecule has 1 heterocycles. The van der Waals surface area contributed by atoms with E-state index in [1.807, 2.05) is 0 Å². The van der Waals surface area contributed by atoms with E-state index >= 15 is 0 Å². The zero-order valence-electron chi connectivity index (χ0n) is 12.8. The first-order valence-corrected chi connectivity index (χ1v) is 6.78. The van der Waals surface area contributed by atoms with E-state index in [0.29, 0.717) is 12.7 Å². The third-order valence-electron chi connectivity index (χ3n) is 3.13. The molecule has 1 aliphatic heterocycles. The number of carbonyl (C=O) groups excluding carboxylic acids is 4. The normalized spacial score (nSPS) is 22.7. The molecule has 0 saturated carbocycles. The Balaban J connectivity index is 3.02. The van der Waals surface area contributed by atoms with E-state index in [9.17, 15) is 19.2 Å². The van der Waals surface area contributed by atoms with Crippen LogP contribution in [0.1, 0.15) is 40.0 Å². The molecule has 2 amide bonds. The number of likely N-dealkylation sites (tertiary alicyclic amines) is 1. The zero-order chi connectivity index (χ0) is 16.2. The summed E-state index contributed by atoms with van der Waals surface area (Å²) >= 11 is 0. The van der Waals surface area contributed by atoms with Crippen LogP contribution < -0.4 is 0 Å². The molecule has 0 unspecified atom stereocenters. The highest BCUT2D eigenvalue weighted by atomic mass is 16.6. The van der Waals surface area contributed by atoms with Gasteiger partial charge in [0.1, 0.15) is 17.9 Å². The summed E-state index contributed by atoms with van der Waals surface area (Å²) in [6.07, 6.45) is 0.381. The first kappa shape index (κ1) is 17.1. The minimum Gasteiger partial charge on any atom is -0.467 e. The van der Waals surface area contributed by atoms with Gasteiger partial charge in [-0.1, -0.05) is 0 Å². The second-order valence-electron chi connectivity index (χ2n) is 5.90. The molecule has 0 spiro atoms. The lowest BCUT2D eigenvalue weighted by molar-refractivity contribution is -0.157. The molecule has 0 aromatic rings. The van der Waals surface area contributed by atoms with Gasteiger partial charge in [-0.3, -0.25) is 4.79 Å². The molecule has 118 valence electrons. The molecule has 7 nitrogen and oxygen atoms in total. The van der Waals surface area contributed by atoms with Crippen molar-refractivity contribution >= 4 is 24.3 Å². The van der Waals surface area contributed by atoms with Gasteiger partial charge in [-0.15, -0.1) is 0 Å². The van der Waals surface area contributed by atoms with E-state index in [2.05, 4.69) is 4.74 Å². The van der Waals surface area contributed by atoms with E-state index in [1.54, 1.807) is 20.8 Å². The van der Waals surface area contributed by atoms with E-state index < -0.39 is 35.5 Å². The summed E-state index contributed by atoms with van der Waals surface area (Å²) in [6.45, 7) is 4.99. The van der Waals surface area contributed by atoms with Crippen molar-refractivity contribution in [2.45, 2.75) is 51.7 Å². The Morgan fingerprint density at radius 1 is 1.33 bits per heavy atom. The van der Waals surface area contributed by atoms with Gasteiger partial charge in [-0.05, 0) is 33.6 Å². The molecule has 2 atom stereocenters. The highest BCUT2D eigenvalue weighted by molar-refractivity contribution is 5.99. The molecule has 0 bridgehead atoms. The van der Waals surface area contributed by atoms with Crippen molar-refractivity contribution in [2.75, 3.05) is 7.11 Å². The Bertz CT molecular complexity index is 439. The van der Waals surface area contributed by atoms with Gasteiger partial charge in [0.25, 0.3) is 0 Å². The Kier molecular flexibility index (Phi) is 5.46. The van der Waals surface area contributed by atoms with Crippen LogP contribution in [0, 0.1) is 5.92 Å². The second-order valence-corrected chi connectivity index (χ2v) is 5.90. The number of nitrogens with zero attached hydrogens (tertiary/aromatic N) is 1. The van der Waals surface area contributed by atoms with E-state index in [0.717, 1.165) is 4.90 Å². The lowest BCUT2D eigenvalue weighted by atomic mass is 9.90. The molecule has 0 aliphatic carbocycles. The van der Waals surface area contributed by atoms with Crippen LogP contribution in [0.25, 0.3) is 0 Å². The lowest BCUT2D eigenvalue weighted by Crippen LogP contribution is -2.55. The lowest BCUT2D eigenvalue weighted by Gasteiger charge is -2.36. The molecule has 0 aromatic heterocycles. The van der Waals surface area contributed by atoms with Gasteiger partial charge in [-0.2, -0.15) is 0 Å². The van der Waals surface area contributed by atoms with Crippen LogP contribution in [0.3, 0.4) is 0 Å². The number of imide groups is 1. The highest BCUT2D eigenvalue weighted by Crippen LogP contribution is 2.27. The smallest absolute Gasteiger partial charge is 0.417 e. The molecule has 1 aliphatic rings. The maximum Gasteiger partial charge on any atom is 0.417 e. The monoisotopic (exact) mass is 299 g/mol. The van der Waals surface area contributed by atoms with Crippen molar-refractivity contribution in [1.29, 1.82) is 0 Å². The molecule has 7 heteroatoms. The van der Waals surface area contributed by atoms with Crippen LogP contribution in [-0.2, 0) is 23.9 Å². The number of esters is 1. The predicted molar refractivity (Wildman–Crippen MR) is 72.3 cm³/mol. The van der Waals surface area contributed by atoms with Crippen LogP contribution in [0.15, 0.2) is 0 Å². The average Bonchev–Trinajstić information content (AvgIpc) is 2.37. The van der Waals surface area contributed by atoms with Gasteiger partial charge in [0.05, 0.1) is 7.11 Å². The quantitative estimate of drug-likeness (QED) is 0.576. The summed E-state index contributed by atoms with van der Waals surface area (Å²) < 4.78 is 9.80. The van der Waals surface area contributed by atoms with Crippen molar-refractivity contribution in [3.8, 4) is 0 Å². The first-order valence-electron chi connectivity index (χ1n) is 6.78. The molecule has 0 aromatic carbocycles. The summed E-state index contributed by atoms with van der Waals surface area (Å²) in [5.74, 6) is -1.84. The molecule has 1 saturated heterocycles. The van der Waals surface area contributed by atoms with E-state index in [-0.39, 0.29) is 12.8 Å². The summed E-state index contributed by atoms with van der Waals surface area (Å²) in [7, 11) is 1.19. The number of hydrogen-bond donors (Lipinski definition) is 0.